The number of alkyl halides is 2. The van der Waals surface area contributed by atoms with Crippen molar-refractivity contribution in [2.45, 2.75) is 25.7 Å². The van der Waals surface area contributed by atoms with Crippen LogP contribution in [0.4, 0.5) is 18.0 Å². The Balaban J connectivity index is 1.67. The van der Waals surface area contributed by atoms with E-state index in [0.29, 0.717) is 11.1 Å². The normalized spacial score (nSPS) is 21.4. The van der Waals surface area contributed by atoms with E-state index < -0.39 is 55.9 Å². The summed E-state index contributed by atoms with van der Waals surface area (Å²) in [4.78, 5) is 42.8. The molecule has 2 fully saturated rings. The number of hydrazine groups is 1. The highest BCUT2D eigenvalue weighted by Gasteiger charge is 2.52. The summed E-state index contributed by atoms with van der Waals surface area (Å²) in [5.74, 6) is -1.76. The molecular weight excluding hydrogens is 475 g/mol. The van der Waals surface area contributed by atoms with Gasteiger partial charge in [-0.3, -0.25) is 14.0 Å². The van der Waals surface area contributed by atoms with Gasteiger partial charge in [0.05, 0.1) is 13.2 Å². The van der Waals surface area contributed by atoms with Crippen molar-refractivity contribution >= 4 is 17.8 Å². The summed E-state index contributed by atoms with van der Waals surface area (Å²) >= 11 is 0. The first-order valence-electron chi connectivity index (χ1n) is 11.7. The van der Waals surface area contributed by atoms with Crippen LogP contribution in [-0.2, 0) is 16.1 Å². The third-order valence-electron chi connectivity index (χ3n) is 6.34. The van der Waals surface area contributed by atoms with Gasteiger partial charge in [0.15, 0.2) is 6.80 Å². The summed E-state index contributed by atoms with van der Waals surface area (Å²) in [7, 11) is 0. The Morgan fingerprint density at radius 1 is 1.08 bits per heavy atom. The molecule has 3 atom stereocenters. The van der Waals surface area contributed by atoms with Crippen LogP contribution in [-0.4, -0.2) is 76.9 Å². The molecule has 0 aromatic heterocycles. The van der Waals surface area contributed by atoms with Crippen molar-refractivity contribution in [2.75, 3.05) is 33.1 Å². The molecule has 2 aromatic rings. The largest absolute Gasteiger partial charge is 0.336 e. The van der Waals surface area contributed by atoms with Gasteiger partial charge in [-0.15, -0.1) is 0 Å². The highest BCUT2D eigenvalue weighted by molar-refractivity contribution is 5.92. The SMILES string of the molecule is CC(CF)CN1C[C@H]2N(C(=O)CN(CF)N2C(=O)NCc2ccc(F)cc2)[C@@H](c2ccccc2)C1=O. The lowest BCUT2D eigenvalue weighted by molar-refractivity contribution is -0.196. The number of halogens is 3. The van der Waals surface area contributed by atoms with Crippen LogP contribution in [0.2, 0.25) is 0 Å². The third kappa shape index (κ3) is 5.15. The summed E-state index contributed by atoms with van der Waals surface area (Å²) in [6, 6.07) is 12.5. The van der Waals surface area contributed by atoms with Crippen molar-refractivity contribution in [3.05, 3.63) is 71.5 Å². The summed E-state index contributed by atoms with van der Waals surface area (Å²) in [6.45, 7) is -0.508. The van der Waals surface area contributed by atoms with E-state index in [0.717, 1.165) is 10.0 Å². The van der Waals surface area contributed by atoms with Crippen molar-refractivity contribution in [1.82, 2.24) is 25.1 Å². The highest BCUT2D eigenvalue weighted by Crippen LogP contribution is 2.35. The Morgan fingerprint density at radius 2 is 1.78 bits per heavy atom. The van der Waals surface area contributed by atoms with Crippen LogP contribution in [0.25, 0.3) is 0 Å². The van der Waals surface area contributed by atoms with Gasteiger partial charge in [-0.25, -0.2) is 18.6 Å². The van der Waals surface area contributed by atoms with E-state index in [2.05, 4.69) is 5.32 Å². The quantitative estimate of drug-likeness (QED) is 0.590. The summed E-state index contributed by atoms with van der Waals surface area (Å²) in [5, 5.41) is 4.78. The number of nitrogens with zero attached hydrogens (tertiary/aromatic N) is 4. The molecule has 1 unspecified atom stereocenters. The Labute approximate surface area is 207 Å². The number of nitrogens with one attached hydrogen (secondary N) is 1. The smallest absolute Gasteiger partial charge is 0.334 e. The molecule has 8 nitrogen and oxygen atoms in total. The zero-order chi connectivity index (χ0) is 25.8. The second-order valence-electron chi connectivity index (χ2n) is 9.01. The van der Waals surface area contributed by atoms with Crippen LogP contribution < -0.4 is 5.32 Å². The molecule has 0 aliphatic carbocycles. The molecule has 4 rings (SSSR count). The molecule has 2 aliphatic rings. The summed E-state index contributed by atoms with van der Waals surface area (Å²) < 4.78 is 40.6. The molecule has 192 valence electrons. The Morgan fingerprint density at radius 3 is 2.42 bits per heavy atom. The minimum atomic E-state index is -1.11. The maximum atomic E-state index is 14.0. The Bertz CT molecular complexity index is 1090. The molecule has 0 bridgehead atoms. The molecule has 2 saturated heterocycles. The Hall–Kier alpha value is -3.60. The van der Waals surface area contributed by atoms with E-state index in [4.69, 9.17) is 0 Å². The zero-order valence-corrected chi connectivity index (χ0v) is 19.8. The first-order chi connectivity index (χ1) is 17.3. The van der Waals surface area contributed by atoms with Gasteiger partial charge < -0.3 is 15.1 Å². The zero-order valence-electron chi connectivity index (χ0n) is 19.8. The van der Waals surface area contributed by atoms with Gasteiger partial charge in [0.2, 0.25) is 11.8 Å². The fourth-order valence-electron chi connectivity index (χ4n) is 4.60. The molecule has 0 saturated carbocycles. The van der Waals surface area contributed by atoms with Crippen LogP contribution in [0, 0.1) is 11.7 Å². The molecule has 2 aromatic carbocycles. The van der Waals surface area contributed by atoms with Gasteiger partial charge in [0, 0.05) is 19.0 Å². The lowest BCUT2D eigenvalue weighted by Crippen LogP contribution is -2.74. The van der Waals surface area contributed by atoms with E-state index in [1.807, 2.05) is 0 Å². The first-order valence-corrected chi connectivity index (χ1v) is 11.7. The molecule has 4 amide bonds. The minimum absolute atomic E-state index is 0.0417. The summed E-state index contributed by atoms with van der Waals surface area (Å²) in [5.41, 5.74) is 1.17. The fraction of sp³-hybridized carbons (Fsp3) is 0.400. The first kappa shape index (κ1) is 25.5. The second kappa shape index (κ2) is 11.0. The van der Waals surface area contributed by atoms with Crippen LogP contribution in [0.1, 0.15) is 24.1 Å². The lowest BCUT2D eigenvalue weighted by atomic mass is 9.98. The van der Waals surface area contributed by atoms with Crippen LogP contribution in [0.15, 0.2) is 54.6 Å². The number of amides is 4. The number of hydrogen-bond acceptors (Lipinski definition) is 4. The maximum Gasteiger partial charge on any atom is 0.334 e. The van der Waals surface area contributed by atoms with Gasteiger partial charge in [0.25, 0.3) is 0 Å². The van der Waals surface area contributed by atoms with Crippen molar-refractivity contribution < 1.29 is 27.6 Å². The predicted octanol–water partition coefficient (Wildman–Crippen LogP) is 2.84. The topological polar surface area (TPSA) is 76.2 Å². The second-order valence-corrected chi connectivity index (χ2v) is 9.01. The minimum Gasteiger partial charge on any atom is -0.336 e. The van der Waals surface area contributed by atoms with Crippen molar-refractivity contribution in [2.24, 2.45) is 5.92 Å². The number of piperazine rings is 1. The summed E-state index contributed by atoms with van der Waals surface area (Å²) in [6.07, 6.45) is -1.01. The van der Waals surface area contributed by atoms with E-state index in [-0.39, 0.29) is 25.5 Å². The van der Waals surface area contributed by atoms with Gasteiger partial charge in [-0.2, -0.15) is 5.01 Å². The number of rotatable bonds is 7. The van der Waals surface area contributed by atoms with Crippen molar-refractivity contribution in [3.8, 4) is 0 Å². The lowest BCUT2D eigenvalue weighted by Gasteiger charge is -2.54. The van der Waals surface area contributed by atoms with Crippen LogP contribution in [0.3, 0.4) is 0 Å². The molecule has 0 spiro atoms. The van der Waals surface area contributed by atoms with E-state index in [9.17, 15) is 27.6 Å². The third-order valence-corrected chi connectivity index (χ3v) is 6.34. The number of benzene rings is 2. The van der Waals surface area contributed by atoms with E-state index >= 15 is 0 Å². The van der Waals surface area contributed by atoms with Gasteiger partial charge in [0.1, 0.15) is 24.6 Å². The van der Waals surface area contributed by atoms with Gasteiger partial charge in [-0.1, -0.05) is 49.4 Å². The number of hydrogen-bond donors (Lipinski definition) is 1. The van der Waals surface area contributed by atoms with Crippen molar-refractivity contribution in [1.29, 1.82) is 0 Å². The van der Waals surface area contributed by atoms with Gasteiger partial charge >= 0.3 is 6.03 Å². The fourth-order valence-corrected chi connectivity index (χ4v) is 4.60. The van der Waals surface area contributed by atoms with E-state index in [1.165, 1.54) is 34.1 Å². The van der Waals surface area contributed by atoms with Crippen molar-refractivity contribution in [3.63, 3.8) is 0 Å². The molecular formula is C25H28F3N5O3. The standard InChI is InChI=1S/C25H28F3N5O3/c1-17(11-26)13-30-14-21-32(23(24(30)35)19-5-3-2-4-6-19)22(34)15-31(16-27)33(21)25(36)29-12-18-7-9-20(28)10-8-18/h2-10,17,21,23H,11-16H2,1H3,(H,29,36)/t17?,21-,23-/m0/s1. The van der Waals surface area contributed by atoms with Crippen LogP contribution in [0.5, 0.6) is 0 Å². The number of fused-ring (bicyclic) bond motifs is 1. The molecule has 2 heterocycles. The monoisotopic (exact) mass is 503 g/mol. The molecule has 0 radical (unpaired) electrons. The highest BCUT2D eigenvalue weighted by atomic mass is 19.1. The average Bonchev–Trinajstić information content (AvgIpc) is 2.89. The van der Waals surface area contributed by atoms with Gasteiger partial charge in [-0.05, 0) is 23.3 Å². The number of carbonyl (C=O) groups is 3. The van der Waals surface area contributed by atoms with Crippen LogP contribution >= 0.6 is 0 Å². The average molecular weight is 504 g/mol. The predicted molar refractivity (Wildman–Crippen MR) is 125 cm³/mol. The van der Waals surface area contributed by atoms with E-state index in [1.54, 1.807) is 37.3 Å². The molecule has 36 heavy (non-hydrogen) atoms. The number of carbonyl (C=O) groups excluding carboxylic acids is 3. The Kier molecular flexibility index (Phi) is 7.78. The molecule has 2 aliphatic heterocycles. The number of urea groups is 1. The molecule has 11 heteroatoms. The maximum absolute atomic E-state index is 14.0. The molecule has 1 N–H and O–H groups in total.